The molecule has 0 bridgehead atoms. The monoisotopic (exact) mass is 420 g/mol. The summed E-state index contributed by atoms with van der Waals surface area (Å²) in [6, 6.07) is 9.53. The number of benzene rings is 2. The van der Waals surface area contributed by atoms with Crippen molar-refractivity contribution in [2.24, 2.45) is 7.05 Å². The Morgan fingerprint density at radius 3 is 2.74 bits per heavy atom. The molecular formula is C22H17FN4O4. The largest absolute Gasteiger partial charge is 0.452 e. The predicted molar refractivity (Wildman–Crippen MR) is 110 cm³/mol. The number of aryl methyl sites for hydroxylation is 3. The number of carbonyl (C=O) groups excluding carboxylic acids is 1. The number of hydrogen-bond acceptors (Lipinski definition) is 6. The molecule has 5 rings (SSSR count). The van der Waals surface area contributed by atoms with Crippen molar-refractivity contribution in [3.63, 3.8) is 0 Å². The highest BCUT2D eigenvalue weighted by atomic mass is 19.1. The third-order valence-corrected chi connectivity index (χ3v) is 5.36. The summed E-state index contributed by atoms with van der Waals surface area (Å²) in [5.74, 6) is -0.424. The van der Waals surface area contributed by atoms with Crippen LogP contribution >= 0.6 is 0 Å². The van der Waals surface area contributed by atoms with Gasteiger partial charge in [-0.05, 0) is 44.2 Å². The van der Waals surface area contributed by atoms with Crippen LogP contribution < -0.4 is 5.56 Å². The number of hydrogen-bond donors (Lipinski definition) is 0. The van der Waals surface area contributed by atoms with Gasteiger partial charge in [0, 0.05) is 18.0 Å². The van der Waals surface area contributed by atoms with E-state index >= 15 is 0 Å². The molecule has 3 heterocycles. The fourth-order valence-corrected chi connectivity index (χ4v) is 3.74. The highest BCUT2D eigenvalue weighted by molar-refractivity contribution is 5.95. The predicted octanol–water partition coefficient (Wildman–Crippen LogP) is 3.44. The number of halogens is 1. The average Bonchev–Trinajstić information content (AvgIpc) is 3.32. The second kappa shape index (κ2) is 6.76. The Labute approximate surface area is 174 Å². The molecular weight excluding hydrogens is 403 g/mol. The first-order valence-electron chi connectivity index (χ1n) is 9.54. The Morgan fingerprint density at radius 2 is 1.94 bits per heavy atom. The normalized spacial score (nSPS) is 11.6. The molecule has 0 unspecified atom stereocenters. The van der Waals surface area contributed by atoms with Gasteiger partial charge in [-0.15, -0.1) is 10.2 Å². The molecule has 0 aliphatic heterocycles. The van der Waals surface area contributed by atoms with E-state index in [2.05, 4.69) is 10.2 Å². The van der Waals surface area contributed by atoms with Crippen LogP contribution in [0.25, 0.3) is 27.6 Å². The van der Waals surface area contributed by atoms with Crippen LogP contribution in [-0.2, 0) is 18.4 Å². The van der Waals surface area contributed by atoms with Crippen LogP contribution in [0.2, 0.25) is 0 Å². The van der Waals surface area contributed by atoms with Crippen molar-refractivity contribution in [2.75, 3.05) is 0 Å². The smallest absolute Gasteiger partial charge is 0.375 e. The van der Waals surface area contributed by atoms with Crippen LogP contribution in [-0.4, -0.2) is 25.1 Å². The fourth-order valence-electron chi connectivity index (χ4n) is 3.74. The molecule has 0 atom stereocenters. The maximum atomic E-state index is 13.5. The molecule has 0 fully saturated rings. The summed E-state index contributed by atoms with van der Waals surface area (Å²) in [6.45, 7) is 3.38. The lowest BCUT2D eigenvalue weighted by Crippen LogP contribution is -2.20. The summed E-state index contributed by atoms with van der Waals surface area (Å²) >= 11 is 0. The zero-order valence-electron chi connectivity index (χ0n) is 17.0. The van der Waals surface area contributed by atoms with Gasteiger partial charge < -0.3 is 9.15 Å². The molecule has 156 valence electrons. The summed E-state index contributed by atoms with van der Waals surface area (Å²) in [5.41, 5.74) is 2.27. The van der Waals surface area contributed by atoms with E-state index in [1.165, 1.54) is 22.8 Å². The van der Waals surface area contributed by atoms with E-state index in [1.54, 1.807) is 24.4 Å². The third kappa shape index (κ3) is 2.89. The minimum Gasteiger partial charge on any atom is -0.452 e. The van der Waals surface area contributed by atoms with E-state index in [4.69, 9.17) is 9.15 Å². The van der Waals surface area contributed by atoms with E-state index in [0.29, 0.717) is 39.0 Å². The second-order valence-electron chi connectivity index (χ2n) is 7.41. The van der Waals surface area contributed by atoms with Crippen molar-refractivity contribution in [3.8, 4) is 0 Å². The molecule has 5 aromatic rings. The Bertz CT molecular complexity index is 1580. The molecule has 31 heavy (non-hydrogen) atoms. The fraction of sp³-hybridized carbons (Fsp3) is 0.182. The third-order valence-electron chi connectivity index (χ3n) is 5.36. The van der Waals surface area contributed by atoms with Crippen molar-refractivity contribution in [1.29, 1.82) is 0 Å². The van der Waals surface area contributed by atoms with Gasteiger partial charge in [0.05, 0.1) is 10.9 Å². The van der Waals surface area contributed by atoms with E-state index in [0.717, 1.165) is 5.56 Å². The minimum atomic E-state index is -0.698. The SMILES string of the molecule is Cc1ccc2c(c1)c(=O)n(C)c1nnc(COC(=O)c3oc4ccc(F)cc4c3C)n21. The van der Waals surface area contributed by atoms with Crippen molar-refractivity contribution in [1.82, 2.24) is 19.2 Å². The van der Waals surface area contributed by atoms with Gasteiger partial charge in [0.2, 0.25) is 11.5 Å². The van der Waals surface area contributed by atoms with E-state index < -0.39 is 11.8 Å². The summed E-state index contributed by atoms with van der Waals surface area (Å²) in [6.07, 6.45) is 0. The van der Waals surface area contributed by atoms with Crippen molar-refractivity contribution in [2.45, 2.75) is 20.5 Å². The molecule has 0 aliphatic carbocycles. The molecule has 0 N–H and O–H groups in total. The Morgan fingerprint density at radius 1 is 1.13 bits per heavy atom. The Balaban J connectivity index is 1.53. The van der Waals surface area contributed by atoms with Gasteiger partial charge in [-0.2, -0.15) is 0 Å². The summed E-state index contributed by atoms with van der Waals surface area (Å²) in [4.78, 5) is 25.3. The van der Waals surface area contributed by atoms with Crippen LogP contribution in [0.4, 0.5) is 4.39 Å². The Kier molecular flexibility index (Phi) is 4.14. The van der Waals surface area contributed by atoms with E-state index in [1.807, 2.05) is 19.1 Å². The Hall–Kier alpha value is -4.01. The number of rotatable bonds is 3. The minimum absolute atomic E-state index is 0.00213. The van der Waals surface area contributed by atoms with Crippen LogP contribution in [0.1, 0.15) is 27.5 Å². The zero-order valence-corrected chi connectivity index (χ0v) is 17.0. The molecule has 0 spiro atoms. The number of nitrogens with zero attached hydrogens (tertiary/aromatic N) is 4. The molecule has 0 saturated heterocycles. The maximum Gasteiger partial charge on any atom is 0.375 e. The molecule has 0 radical (unpaired) electrons. The lowest BCUT2D eigenvalue weighted by Gasteiger charge is -2.09. The van der Waals surface area contributed by atoms with Crippen LogP contribution in [0.5, 0.6) is 0 Å². The van der Waals surface area contributed by atoms with Gasteiger partial charge >= 0.3 is 5.97 Å². The van der Waals surface area contributed by atoms with E-state index in [9.17, 15) is 14.0 Å². The van der Waals surface area contributed by atoms with Crippen LogP contribution in [0.15, 0.2) is 45.6 Å². The van der Waals surface area contributed by atoms with E-state index in [-0.39, 0.29) is 17.9 Å². The van der Waals surface area contributed by atoms with Gasteiger partial charge in [0.25, 0.3) is 5.56 Å². The number of esters is 1. The lowest BCUT2D eigenvalue weighted by molar-refractivity contribution is 0.0426. The molecule has 2 aromatic carbocycles. The highest BCUT2D eigenvalue weighted by Gasteiger charge is 2.21. The second-order valence-corrected chi connectivity index (χ2v) is 7.41. The number of carbonyl (C=O) groups is 1. The summed E-state index contributed by atoms with van der Waals surface area (Å²) in [5, 5.41) is 9.21. The van der Waals surface area contributed by atoms with Crippen LogP contribution in [0, 0.1) is 19.7 Å². The number of furan rings is 1. The molecule has 0 aliphatic rings. The lowest BCUT2D eigenvalue weighted by atomic mass is 10.1. The summed E-state index contributed by atoms with van der Waals surface area (Å²) in [7, 11) is 1.61. The average molecular weight is 420 g/mol. The van der Waals surface area contributed by atoms with Crippen molar-refractivity contribution in [3.05, 3.63) is 75.3 Å². The van der Waals surface area contributed by atoms with Gasteiger partial charge in [0.1, 0.15) is 11.4 Å². The molecule has 9 heteroatoms. The zero-order chi connectivity index (χ0) is 21.9. The highest BCUT2D eigenvalue weighted by Crippen LogP contribution is 2.27. The molecule has 0 saturated carbocycles. The molecule has 8 nitrogen and oxygen atoms in total. The van der Waals surface area contributed by atoms with Crippen LogP contribution in [0.3, 0.4) is 0 Å². The quantitative estimate of drug-likeness (QED) is 0.415. The first kappa shape index (κ1) is 19.0. The van der Waals surface area contributed by atoms with Gasteiger partial charge in [-0.3, -0.25) is 13.8 Å². The number of aromatic nitrogens is 4. The number of ether oxygens (including phenoxy) is 1. The topological polar surface area (TPSA) is 91.6 Å². The van der Waals surface area contributed by atoms with Gasteiger partial charge in [-0.1, -0.05) is 11.6 Å². The summed E-state index contributed by atoms with van der Waals surface area (Å²) < 4.78 is 27.6. The first-order chi connectivity index (χ1) is 14.8. The van der Waals surface area contributed by atoms with Crippen molar-refractivity contribution < 1.29 is 18.3 Å². The maximum absolute atomic E-state index is 13.5. The first-order valence-corrected chi connectivity index (χ1v) is 9.54. The van der Waals surface area contributed by atoms with Crippen molar-refractivity contribution >= 4 is 33.6 Å². The number of fused-ring (bicyclic) bond motifs is 4. The molecule has 3 aromatic heterocycles. The van der Waals surface area contributed by atoms with Gasteiger partial charge in [-0.25, -0.2) is 9.18 Å². The van der Waals surface area contributed by atoms with Gasteiger partial charge in [0.15, 0.2) is 12.4 Å². The molecule has 0 amide bonds. The standard InChI is InChI=1S/C22H17FN4O4/c1-11-4-6-16-15(8-11)20(28)26(3)22-25-24-18(27(16)22)10-30-21(29)19-12(2)14-9-13(23)5-7-17(14)31-19/h4-9H,10H2,1-3H3.